The van der Waals surface area contributed by atoms with E-state index in [4.69, 9.17) is 11.5 Å². The Morgan fingerprint density at radius 1 is 1.06 bits per heavy atom. The van der Waals surface area contributed by atoms with E-state index in [0.29, 0.717) is 22.4 Å². The van der Waals surface area contributed by atoms with E-state index in [1.165, 1.54) is 17.8 Å². The highest BCUT2D eigenvalue weighted by Crippen LogP contribution is 2.25. The molecule has 2 aromatic rings. The van der Waals surface area contributed by atoms with Crippen LogP contribution < -0.4 is 11.5 Å². The van der Waals surface area contributed by atoms with Crippen LogP contribution in [0.15, 0.2) is 40.4 Å². The van der Waals surface area contributed by atoms with Gasteiger partial charge in [-0.2, -0.15) is 0 Å². The largest absolute Gasteiger partial charge is 0.383 e. The van der Waals surface area contributed by atoms with Crippen molar-refractivity contribution < 1.29 is 4.79 Å². The summed E-state index contributed by atoms with van der Waals surface area (Å²) in [5.74, 6) is 0.675. The summed E-state index contributed by atoms with van der Waals surface area (Å²) in [5.41, 5.74) is 11.8. The Hall–Kier alpha value is -2.08. The molecule has 0 amide bonds. The van der Waals surface area contributed by atoms with E-state index in [1.807, 2.05) is 12.1 Å². The van der Waals surface area contributed by atoms with Crippen molar-refractivity contribution in [1.82, 2.24) is 9.97 Å². The Balaban J connectivity index is 2.21. The molecular weight excluding hydrogens is 236 g/mol. The van der Waals surface area contributed by atoms with E-state index in [1.54, 1.807) is 12.1 Å². The predicted octanol–water partition coefficient (Wildman–Crippen LogP) is 1.60. The molecule has 1 aromatic heterocycles. The monoisotopic (exact) mass is 246 g/mol. The van der Waals surface area contributed by atoms with Gasteiger partial charge in [0.1, 0.15) is 17.9 Å². The fourth-order valence-electron chi connectivity index (χ4n) is 1.23. The number of benzene rings is 1. The zero-order valence-electron chi connectivity index (χ0n) is 8.83. The highest BCUT2D eigenvalue weighted by atomic mass is 32.2. The summed E-state index contributed by atoms with van der Waals surface area (Å²) in [6.07, 6.45) is 0.795. The van der Waals surface area contributed by atoms with Gasteiger partial charge >= 0.3 is 0 Å². The Kier molecular flexibility index (Phi) is 3.24. The molecule has 0 saturated carbocycles. The van der Waals surface area contributed by atoms with Crippen molar-refractivity contribution >= 4 is 29.7 Å². The van der Waals surface area contributed by atoms with E-state index in [0.717, 1.165) is 11.2 Å². The van der Waals surface area contributed by atoms with Crippen LogP contribution in [0.3, 0.4) is 0 Å². The summed E-state index contributed by atoms with van der Waals surface area (Å²) in [6.45, 7) is 0. The first-order valence-electron chi connectivity index (χ1n) is 4.80. The maximum atomic E-state index is 10.5. The van der Waals surface area contributed by atoms with E-state index in [2.05, 4.69) is 9.97 Å². The first-order chi connectivity index (χ1) is 8.17. The molecule has 0 bridgehead atoms. The van der Waals surface area contributed by atoms with Crippen molar-refractivity contribution in [1.29, 1.82) is 0 Å². The van der Waals surface area contributed by atoms with Crippen LogP contribution in [0.4, 0.5) is 11.6 Å². The molecular formula is C11H10N4OS. The molecule has 5 nitrogen and oxygen atoms in total. The molecule has 0 saturated heterocycles. The van der Waals surface area contributed by atoms with Gasteiger partial charge in [0, 0.05) is 16.5 Å². The molecule has 0 atom stereocenters. The van der Waals surface area contributed by atoms with Gasteiger partial charge in [0.15, 0.2) is 5.16 Å². The van der Waals surface area contributed by atoms with E-state index >= 15 is 0 Å². The van der Waals surface area contributed by atoms with Crippen LogP contribution in [0.25, 0.3) is 0 Å². The number of nitrogen functional groups attached to an aromatic ring is 2. The summed E-state index contributed by atoms with van der Waals surface area (Å²) < 4.78 is 0. The lowest BCUT2D eigenvalue weighted by Gasteiger charge is -2.02. The average molecular weight is 246 g/mol. The summed E-state index contributed by atoms with van der Waals surface area (Å²) in [7, 11) is 0. The molecule has 17 heavy (non-hydrogen) atoms. The Labute approximate surface area is 102 Å². The maximum Gasteiger partial charge on any atom is 0.196 e. The minimum atomic E-state index is 0.338. The third kappa shape index (κ3) is 2.94. The zero-order chi connectivity index (χ0) is 12.3. The van der Waals surface area contributed by atoms with Crippen molar-refractivity contribution in [3.05, 3.63) is 35.9 Å². The van der Waals surface area contributed by atoms with Crippen LogP contribution in [0.5, 0.6) is 0 Å². The lowest BCUT2D eigenvalue weighted by atomic mass is 10.2. The van der Waals surface area contributed by atoms with E-state index in [-0.39, 0.29) is 0 Å². The van der Waals surface area contributed by atoms with Crippen LogP contribution >= 0.6 is 11.8 Å². The second-order valence-electron chi connectivity index (χ2n) is 3.29. The molecule has 0 spiro atoms. The number of carbonyl (C=O) groups is 1. The zero-order valence-corrected chi connectivity index (χ0v) is 9.65. The first kappa shape index (κ1) is 11.4. The highest BCUT2D eigenvalue weighted by molar-refractivity contribution is 7.99. The number of carbonyl (C=O) groups excluding carboxylic acids is 1. The molecule has 1 aromatic carbocycles. The third-order valence-corrected chi connectivity index (χ3v) is 2.84. The number of rotatable bonds is 3. The average Bonchev–Trinajstić information content (AvgIpc) is 2.28. The molecule has 0 fully saturated rings. The van der Waals surface area contributed by atoms with Gasteiger partial charge in [0.05, 0.1) is 0 Å². The minimum absolute atomic E-state index is 0.338. The van der Waals surface area contributed by atoms with Crippen LogP contribution in [0.2, 0.25) is 0 Å². The molecule has 6 heteroatoms. The maximum absolute atomic E-state index is 10.5. The topological polar surface area (TPSA) is 94.9 Å². The molecule has 1 heterocycles. The standard InChI is InChI=1S/C11H10N4OS/c12-9-5-10(13)15-11(14-9)17-8-3-1-7(6-16)2-4-8/h1-6H,(H4,12,13,14,15). The van der Waals surface area contributed by atoms with Crippen molar-refractivity contribution in [3.63, 3.8) is 0 Å². The van der Waals surface area contributed by atoms with Crippen molar-refractivity contribution in [2.75, 3.05) is 11.5 Å². The van der Waals surface area contributed by atoms with Crippen LogP contribution in [0.1, 0.15) is 10.4 Å². The molecule has 0 aliphatic carbocycles. The highest BCUT2D eigenvalue weighted by Gasteiger charge is 2.03. The smallest absolute Gasteiger partial charge is 0.196 e. The molecule has 0 unspecified atom stereocenters. The van der Waals surface area contributed by atoms with Crippen LogP contribution in [-0.4, -0.2) is 16.3 Å². The van der Waals surface area contributed by atoms with Crippen molar-refractivity contribution in [3.8, 4) is 0 Å². The SMILES string of the molecule is Nc1cc(N)nc(Sc2ccc(C=O)cc2)n1. The summed E-state index contributed by atoms with van der Waals surface area (Å²) in [6, 6.07) is 8.59. The quantitative estimate of drug-likeness (QED) is 0.631. The Morgan fingerprint density at radius 2 is 1.65 bits per heavy atom. The molecule has 2 rings (SSSR count). The number of nitrogens with two attached hydrogens (primary N) is 2. The van der Waals surface area contributed by atoms with Gasteiger partial charge in [-0.1, -0.05) is 12.1 Å². The fraction of sp³-hybridized carbons (Fsp3) is 0. The second-order valence-corrected chi connectivity index (χ2v) is 4.33. The lowest BCUT2D eigenvalue weighted by Crippen LogP contribution is -1.98. The Morgan fingerprint density at radius 3 is 2.18 bits per heavy atom. The minimum Gasteiger partial charge on any atom is -0.383 e. The molecule has 0 radical (unpaired) electrons. The Bertz CT molecular complexity index is 521. The van der Waals surface area contributed by atoms with Crippen LogP contribution in [-0.2, 0) is 0 Å². The van der Waals surface area contributed by atoms with Crippen LogP contribution in [0, 0.1) is 0 Å². The summed E-state index contributed by atoms with van der Waals surface area (Å²) >= 11 is 1.34. The lowest BCUT2D eigenvalue weighted by molar-refractivity contribution is 0.112. The van der Waals surface area contributed by atoms with E-state index in [9.17, 15) is 4.79 Å². The number of aromatic nitrogens is 2. The van der Waals surface area contributed by atoms with Gasteiger partial charge in [-0.05, 0) is 23.9 Å². The number of nitrogens with zero attached hydrogens (tertiary/aromatic N) is 2. The number of hydrogen-bond donors (Lipinski definition) is 2. The number of aldehydes is 1. The second kappa shape index (κ2) is 4.84. The van der Waals surface area contributed by atoms with Crippen molar-refractivity contribution in [2.45, 2.75) is 10.1 Å². The molecule has 0 aliphatic heterocycles. The number of anilines is 2. The molecule has 86 valence electrons. The number of hydrogen-bond acceptors (Lipinski definition) is 6. The summed E-state index contributed by atoms with van der Waals surface area (Å²) in [4.78, 5) is 19.5. The normalized spacial score (nSPS) is 10.1. The first-order valence-corrected chi connectivity index (χ1v) is 5.62. The molecule has 4 N–H and O–H groups in total. The summed E-state index contributed by atoms with van der Waals surface area (Å²) in [5, 5.41) is 0.487. The molecule has 0 aliphatic rings. The third-order valence-electron chi connectivity index (χ3n) is 1.97. The van der Waals surface area contributed by atoms with Gasteiger partial charge in [-0.3, -0.25) is 4.79 Å². The van der Waals surface area contributed by atoms with Crippen molar-refractivity contribution in [2.24, 2.45) is 0 Å². The van der Waals surface area contributed by atoms with Gasteiger partial charge in [-0.15, -0.1) is 0 Å². The predicted molar refractivity (Wildman–Crippen MR) is 66.8 cm³/mol. The van der Waals surface area contributed by atoms with Gasteiger partial charge in [0.2, 0.25) is 0 Å². The van der Waals surface area contributed by atoms with Gasteiger partial charge < -0.3 is 11.5 Å². The fourth-order valence-corrected chi connectivity index (χ4v) is 2.01. The van der Waals surface area contributed by atoms with Gasteiger partial charge in [0.25, 0.3) is 0 Å². The van der Waals surface area contributed by atoms with E-state index < -0.39 is 0 Å². The van der Waals surface area contributed by atoms with Gasteiger partial charge in [-0.25, -0.2) is 9.97 Å².